The van der Waals surface area contributed by atoms with Crippen LogP contribution in [0.15, 0.2) is 18.2 Å². The van der Waals surface area contributed by atoms with Crippen LogP contribution in [0.4, 0.5) is 4.39 Å². The summed E-state index contributed by atoms with van der Waals surface area (Å²) in [4.78, 5) is 27.9. The second-order valence-corrected chi connectivity index (χ2v) is 7.05. The Morgan fingerprint density at radius 3 is 2.65 bits per heavy atom. The molecule has 1 saturated heterocycles. The molecule has 1 heterocycles. The first-order valence-electron chi connectivity index (χ1n) is 7.89. The number of amides is 2. The third-order valence-electron chi connectivity index (χ3n) is 4.92. The second kappa shape index (κ2) is 6.21. The minimum atomic E-state index is -0.465. The number of imide groups is 1. The fourth-order valence-electron chi connectivity index (χ4n) is 3.69. The van der Waals surface area contributed by atoms with Crippen molar-refractivity contribution >= 4 is 23.4 Å². The van der Waals surface area contributed by atoms with Crippen molar-refractivity contribution in [2.24, 2.45) is 5.41 Å². The quantitative estimate of drug-likeness (QED) is 0.792. The molecule has 1 aliphatic carbocycles. The summed E-state index contributed by atoms with van der Waals surface area (Å²) in [5.41, 5.74) is -0.0838. The van der Waals surface area contributed by atoms with Crippen molar-refractivity contribution in [3.63, 3.8) is 0 Å². The van der Waals surface area contributed by atoms with Crippen molar-refractivity contribution in [2.45, 2.75) is 38.6 Å². The summed E-state index contributed by atoms with van der Waals surface area (Å²) in [6.07, 6.45) is 3.94. The molecular weight excluding hydrogens is 319 g/mol. The van der Waals surface area contributed by atoms with Gasteiger partial charge in [0.1, 0.15) is 5.82 Å². The van der Waals surface area contributed by atoms with Gasteiger partial charge in [-0.15, -0.1) is 0 Å². The molecule has 3 rings (SSSR count). The van der Waals surface area contributed by atoms with Gasteiger partial charge in [0.05, 0.1) is 12.1 Å². The van der Waals surface area contributed by atoms with Crippen LogP contribution < -0.4 is 0 Å². The van der Waals surface area contributed by atoms with Crippen molar-refractivity contribution in [3.8, 4) is 0 Å². The molecule has 2 fully saturated rings. The summed E-state index contributed by atoms with van der Waals surface area (Å²) < 4.78 is 13.9. The average molecular weight is 339 g/mol. The Morgan fingerprint density at radius 1 is 1.30 bits per heavy atom. The summed E-state index contributed by atoms with van der Waals surface area (Å²) in [6, 6.07) is 4.54. The first-order chi connectivity index (χ1) is 10.9. The van der Waals surface area contributed by atoms with Crippen molar-refractivity contribution in [3.05, 3.63) is 34.6 Å². The van der Waals surface area contributed by atoms with Gasteiger partial charge in [0.15, 0.2) is 0 Å². The zero-order valence-electron chi connectivity index (χ0n) is 13.1. The molecule has 1 aliphatic heterocycles. The molecule has 124 valence electrons. The molecule has 0 radical (unpaired) electrons. The van der Waals surface area contributed by atoms with Crippen LogP contribution in [0.3, 0.4) is 0 Å². The van der Waals surface area contributed by atoms with Crippen LogP contribution in [0, 0.1) is 11.2 Å². The van der Waals surface area contributed by atoms with Gasteiger partial charge in [-0.2, -0.15) is 0 Å². The number of benzene rings is 1. The lowest BCUT2D eigenvalue weighted by Gasteiger charge is -2.25. The molecule has 2 amide bonds. The lowest BCUT2D eigenvalue weighted by molar-refractivity contribution is -0.143. The normalized spacial score (nSPS) is 20.3. The van der Waals surface area contributed by atoms with E-state index in [1.165, 1.54) is 11.0 Å². The molecule has 0 bridgehead atoms. The molecule has 23 heavy (non-hydrogen) atoms. The summed E-state index contributed by atoms with van der Waals surface area (Å²) in [5.74, 6) is -0.564. The lowest BCUT2D eigenvalue weighted by atomic mass is 9.85. The third kappa shape index (κ3) is 3.00. The van der Waals surface area contributed by atoms with Crippen LogP contribution in [0.1, 0.15) is 37.7 Å². The number of likely N-dealkylation sites (tertiary alicyclic amines) is 1. The largest absolute Gasteiger partial charge is 0.284 e. The second-order valence-electron chi connectivity index (χ2n) is 6.65. The first-order valence-corrected chi connectivity index (χ1v) is 8.27. The third-order valence-corrected chi connectivity index (χ3v) is 5.28. The maximum Gasteiger partial charge on any atom is 0.237 e. The SMILES string of the molecule is CN(Cc1c(F)cccc1Cl)CN1C(=O)CC2(CCCC2)C1=O. The summed E-state index contributed by atoms with van der Waals surface area (Å²) in [5, 5.41) is 0.350. The molecule has 6 heteroatoms. The van der Waals surface area contributed by atoms with E-state index in [2.05, 4.69) is 0 Å². The highest BCUT2D eigenvalue weighted by molar-refractivity contribution is 6.31. The van der Waals surface area contributed by atoms with Gasteiger partial charge in [0.2, 0.25) is 11.8 Å². The number of nitrogens with zero attached hydrogens (tertiary/aromatic N) is 2. The number of hydrogen-bond donors (Lipinski definition) is 0. The van der Waals surface area contributed by atoms with Gasteiger partial charge in [-0.3, -0.25) is 19.4 Å². The van der Waals surface area contributed by atoms with Gasteiger partial charge in [-0.25, -0.2) is 4.39 Å². The van der Waals surface area contributed by atoms with Crippen LogP contribution in [0.25, 0.3) is 0 Å². The molecular formula is C17H20ClFN2O2. The van der Waals surface area contributed by atoms with Crippen molar-refractivity contribution < 1.29 is 14.0 Å². The molecule has 4 nitrogen and oxygen atoms in total. The van der Waals surface area contributed by atoms with Crippen LogP contribution in [0.2, 0.25) is 5.02 Å². The van der Waals surface area contributed by atoms with E-state index in [-0.39, 0.29) is 30.8 Å². The van der Waals surface area contributed by atoms with Gasteiger partial charge < -0.3 is 0 Å². The highest BCUT2D eigenvalue weighted by Gasteiger charge is 2.52. The van der Waals surface area contributed by atoms with Gasteiger partial charge in [0, 0.05) is 23.6 Å². The Kier molecular flexibility index (Phi) is 4.43. The average Bonchev–Trinajstić information content (AvgIpc) is 3.05. The van der Waals surface area contributed by atoms with Gasteiger partial charge in [-0.1, -0.05) is 30.5 Å². The molecule has 0 aromatic heterocycles. The standard InChI is InChI=1S/C17H20ClFN2O2/c1-20(10-12-13(18)5-4-6-14(12)19)11-21-15(22)9-17(16(21)23)7-2-3-8-17/h4-6H,2-3,7-11H2,1H3. The Hall–Kier alpha value is -1.46. The number of halogens is 2. The topological polar surface area (TPSA) is 40.6 Å². The molecule has 1 aromatic rings. The number of hydrogen-bond acceptors (Lipinski definition) is 3. The van der Waals surface area contributed by atoms with Gasteiger partial charge in [0.25, 0.3) is 0 Å². The van der Waals surface area contributed by atoms with Crippen molar-refractivity contribution in [1.29, 1.82) is 0 Å². The van der Waals surface area contributed by atoms with Crippen LogP contribution in [-0.2, 0) is 16.1 Å². The van der Waals surface area contributed by atoms with Crippen molar-refractivity contribution in [1.82, 2.24) is 9.80 Å². The van der Waals surface area contributed by atoms with E-state index in [0.717, 1.165) is 25.7 Å². The highest BCUT2D eigenvalue weighted by atomic mass is 35.5. The van der Waals surface area contributed by atoms with Crippen LogP contribution in [0.5, 0.6) is 0 Å². The van der Waals surface area contributed by atoms with E-state index < -0.39 is 5.41 Å². The Morgan fingerprint density at radius 2 is 2.00 bits per heavy atom. The zero-order valence-corrected chi connectivity index (χ0v) is 13.9. The number of rotatable bonds is 4. The fourth-order valence-corrected chi connectivity index (χ4v) is 3.91. The maximum atomic E-state index is 13.9. The predicted molar refractivity (Wildman–Crippen MR) is 85.1 cm³/mol. The van der Waals surface area contributed by atoms with Crippen LogP contribution >= 0.6 is 11.6 Å². The summed E-state index contributed by atoms with van der Waals surface area (Å²) >= 11 is 6.03. The van der Waals surface area contributed by atoms with Crippen molar-refractivity contribution in [2.75, 3.05) is 13.7 Å². The van der Waals surface area contributed by atoms with E-state index in [0.29, 0.717) is 17.0 Å². The molecule has 1 saturated carbocycles. The molecule has 0 N–H and O–H groups in total. The minimum absolute atomic E-state index is 0.0634. The predicted octanol–water partition coefficient (Wildman–Crippen LogP) is 3.19. The maximum absolute atomic E-state index is 13.9. The van der Waals surface area contributed by atoms with Crippen LogP contribution in [-0.4, -0.2) is 35.3 Å². The monoisotopic (exact) mass is 338 g/mol. The van der Waals surface area contributed by atoms with E-state index in [9.17, 15) is 14.0 Å². The smallest absolute Gasteiger partial charge is 0.237 e. The molecule has 1 aromatic carbocycles. The summed E-state index contributed by atoms with van der Waals surface area (Å²) in [7, 11) is 1.75. The molecule has 1 spiro atoms. The first kappa shape index (κ1) is 16.4. The van der Waals surface area contributed by atoms with Gasteiger partial charge in [-0.05, 0) is 32.0 Å². The lowest BCUT2D eigenvalue weighted by Crippen LogP contribution is -2.41. The Labute approximate surface area is 140 Å². The van der Waals surface area contributed by atoms with E-state index in [1.54, 1.807) is 24.1 Å². The summed E-state index contributed by atoms with van der Waals surface area (Å²) in [6.45, 7) is 0.416. The van der Waals surface area contributed by atoms with E-state index in [1.807, 2.05) is 0 Å². The minimum Gasteiger partial charge on any atom is -0.284 e. The van der Waals surface area contributed by atoms with E-state index in [4.69, 9.17) is 11.6 Å². The molecule has 0 unspecified atom stereocenters. The number of carbonyl (C=O) groups is 2. The zero-order chi connectivity index (χ0) is 16.6. The van der Waals surface area contributed by atoms with E-state index >= 15 is 0 Å². The molecule has 0 atom stereocenters. The molecule has 2 aliphatic rings. The highest BCUT2D eigenvalue weighted by Crippen LogP contribution is 2.46. The Balaban J connectivity index is 1.69. The number of carbonyl (C=O) groups excluding carboxylic acids is 2. The fraction of sp³-hybridized carbons (Fsp3) is 0.529. The van der Waals surface area contributed by atoms with Gasteiger partial charge >= 0.3 is 0 Å². The Bertz CT molecular complexity index is 623.